The maximum absolute atomic E-state index is 6.24. The van der Waals surface area contributed by atoms with Crippen LogP contribution in [0.2, 0.25) is 10.0 Å². The average molecular weight is 273 g/mol. The molecule has 1 aromatic rings. The summed E-state index contributed by atoms with van der Waals surface area (Å²) in [5.74, 6) is 0. The minimum Gasteiger partial charge on any atom is -0.329 e. The highest BCUT2D eigenvalue weighted by atomic mass is 35.5. The number of halogens is 2. The van der Waals surface area contributed by atoms with Crippen LogP contribution in [-0.4, -0.2) is 24.5 Å². The van der Waals surface area contributed by atoms with E-state index < -0.39 is 0 Å². The highest BCUT2D eigenvalue weighted by Gasteiger charge is 2.28. The SMILES string of the molecule is CN(C1CCC1)C(CN)c1cc(Cl)ccc1Cl. The van der Waals surface area contributed by atoms with Gasteiger partial charge in [0.1, 0.15) is 0 Å². The van der Waals surface area contributed by atoms with Crippen LogP contribution in [0.5, 0.6) is 0 Å². The predicted molar refractivity (Wildman–Crippen MR) is 73.7 cm³/mol. The molecule has 0 saturated heterocycles. The minimum absolute atomic E-state index is 0.159. The monoisotopic (exact) mass is 272 g/mol. The molecule has 1 aromatic carbocycles. The lowest BCUT2D eigenvalue weighted by molar-refractivity contribution is 0.113. The van der Waals surface area contributed by atoms with Gasteiger partial charge < -0.3 is 5.73 Å². The maximum Gasteiger partial charge on any atom is 0.0485 e. The average Bonchev–Trinajstić information content (AvgIpc) is 2.22. The first kappa shape index (κ1) is 13.2. The predicted octanol–water partition coefficient (Wildman–Crippen LogP) is 3.48. The Morgan fingerprint density at radius 3 is 2.65 bits per heavy atom. The number of rotatable bonds is 4. The third kappa shape index (κ3) is 2.76. The molecule has 1 aliphatic rings. The van der Waals surface area contributed by atoms with Crippen LogP contribution in [0.4, 0.5) is 0 Å². The normalized spacial score (nSPS) is 18.2. The molecule has 0 amide bonds. The first-order chi connectivity index (χ1) is 8.13. The van der Waals surface area contributed by atoms with Crippen LogP contribution in [0.1, 0.15) is 30.9 Å². The fourth-order valence-corrected chi connectivity index (χ4v) is 2.76. The molecule has 2 rings (SSSR count). The standard InChI is InChI=1S/C13H18Cl2N2/c1-17(10-3-2-4-10)13(8-16)11-7-9(14)5-6-12(11)15/h5-7,10,13H,2-4,8,16H2,1H3. The Hall–Kier alpha value is -0.280. The van der Waals surface area contributed by atoms with Crippen LogP contribution < -0.4 is 5.73 Å². The molecule has 1 saturated carbocycles. The van der Waals surface area contributed by atoms with Gasteiger partial charge in [0.2, 0.25) is 0 Å². The second kappa shape index (κ2) is 5.57. The topological polar surface area (TPSA) is 29.3 Å². The van der Waals surface area contributed by atoms with Gasteiger partial charge in [0.15, 0.2) is 0 Å². The van der Waals surface area contributed by atoms with Crippen LogP contribution in [0.15, 0.2) is 18.2 Å². The Labute approximate surface area is 113 Å². The van der Waals surface area contributed by atoms with E-state index in [0.717, 1.165) is 10.6 Å². The van der Waals surface area contributed by atoms with E-state index >= 15 is 0 Å². The highest BCUT2D eigenvalue weighted by Crippen LogP contribution is 2.34. The number of nitrogens with zero attached hydrogens (tertiary/aromatic N) is 1. The zero-order chi connectivity index (χ0) is 12.4. The van der Waals surface area contributed by atoms with E-state index in [1.54, 1.807) is 0 Å². The Kier molecular flexibility index (Phi) is 4.31. The molecular weight excluding hydrogens is 255 g/mol. The quantitative estimate of drug-likeness (QED) is 0.910. The molecule has 0 heterocycles. The number of hydrogen-bond acceptors (Lipinski definition) is 2. The van der Waals surface area contributed by atoms with Crippen molar-refractivity contribution in [2.45, 2.75) is 31.3 Å². The second-order valence-corrected chi connectivity index (χ2v) is 5.51. The van der Waals surface area contributed by atoms with Crippen molar-refractivity contribution in [1.29, 1.82) is 0 Å². The number of benzene rings is 1. The molecule has 1 fully saturated rings. The van der Waals surface area contributed by atoms with Gasteiger partial charge >= 0.3 is 0 Å². The van der Waals surface area contributed by atoms with Crippen molar-refractivity contribution in [3.63, 3.8) is 0 Å². The van der Waals surface area contributed by atoms with Crippen LogP contribution in [0.3, 0.4) is 0 Å². The van der Waals surface area contributed by atoms with Crippen LogP contribution >= 0.6 is 23.2 Å². The van der Waals surface area contributed by atoms with Gasteiger partial charge in [-0.05, 0) is 43.7 Å². The van der Waals surface area contributed by atoms with Gasteiger partial charge in [-0.3, -0.25) is 4.90 Å². The van der Waals surface area contributed by atoms with E-state index in [4.69, 9.17) is 28.9 Å². The molecule has 0 bridgehead atoms. The van der Waals surface area contributed by atoms with Crippen molar-refractivity contribution >= 4 is 23.2 Å². The zero-order valence-electron chi connectivity index (χ0n) is 10.00. The summed E-state index contributed by atoms with van der Waals surface area (Å²) >= 11 is 12.3. The second-order valence-electron chi connectivity index (χ2n) is 4.67. The first-order valence-corrected chi connectivity index (χ1v) is 6.76. The van der Waals surface area contributed by atoms with Gasteiger partial charge in [0.05, 0.1) is 0 Å². The van der Waals surface area contributed by atoms with Crippen LogP contribution in [0, 0.1) is 0 Å². The number of likely N-dealkylation sites (N-methyl/N-ethyl adjacent to an activating group) is 1. The third-order valence-electron chi connectivity index (χ3n) is 3.68. The Morgan fingerprint density at radius 1 is 1.41 bits per heavy atom. The Bertz CT molecular complexity index is 391. The summed E-state index contributed by atoms with van der Waals surface area (Å²) in [7, 11) is 2.12. The summed E-state index contributed by atoms with van der Waals surface area (Å²) < 4.78 is 0. The van der Waals surface area contributed by atoms with Crippen molar-refractivity contribution in [3.05, 3.63) is 33.8 Å². The van der Waals surface area contributed by atoms with E-state index in [2.05, 4.69) is 11.9 Å². The van der Waals surface area contributed by atoms with E-state index in [1.807, 2.05) is 18.2 Å². The van der Waals surface area contributed by atoms with Gasteiger partial charge in [-0.25, -0.2) is 0 Å². The van der Waals surface area contributed by atoms with Crippen molar-refractivity contribution in [3.8, 4) is 0 Å². The lowest BCUT2D eigenvalue weighted by Gasteiger charge is -2.40. The van der Waals surface area contributed by atoms with Crippen molar-refractivity contribution < 1.29 is 0 Å². The molecule has 1 aliphatic carbocycles. The summed E-state index contributed by atoms with van der Waals surface area (Å²) in [6.45, 7) is 0.563. The van der Waals surface area contributed by atoms with E-state index in [0.29, 0.717) is 17.6 Å². The van der Waals surface area contributed by atoms with Crippen LogP contribution in [-0.2, 0) is 0 Å². The molecule has 0 spiro atoms. The Balaban J connectivity index is 2.24. The summed E-state index contributed by atoms with van der Waals surface area (Å²) in [6.07, 6.45) is 3.83. The van der Waals surface area contributed by atoms with Crippen LogP contribution in [0.25, 0.3) is 0 Å². The van der Waals surface area contributed by atoms with Gasteiger partial charge in [-0.1, -0.05) is 29.6 Å². The van der Waals surface area contributed by atoms with Gasteiger partial charge in [0, 0.05) is 28.7 Å². The largest absolute Gasteiger partial charge is 0.329 e. The summed E-state index contributed by atoms with van der Waals surface area (Å²) in [5.41, 5.74) is 6.94. The lowest BCUT2D eigenvalue weighted by atomic mass is 9.89. The van der Waals surface area contributed by atoms with E-state index in [1.165, 1.54) is 19.3 Å². The van der Waals surface area contributed by atoms with Crippen molar-refractivity contribution in [2.75, 3.05) is 13.6 Å². The molecule has 1 unspecified atom stereocenters. The first-order valence-electron chi connectivity index (χ1n) is 6.00. The molecule has 0 aliphatic heterocycles. The van der Waals surface area contributed by atoms with Crippen molar-refractivity contribution in [1.82, 2.24) is 4.90 Å². The highest BCUT2D eigenvalue weighted by molar-refractivity contribution is 6.33. The fraction of sp³-hybridized carbons (Fsp3) is 0.538. The summed E-state index contributed by atoms with van der Waals surface area (Å²) in [4.78, 5) is 2.33. The molecule has 17 heavy (non-hydrogen) atoms. The summed E-state index contributed by atoms with van der Waals surface area (Å²) in [6, 6.07) is 6.38. The van der Waals surface area contributed by atoms with Gasteiger partial charge in [0.25, 0.3) is 0 Å². The fourth-order valence-electron chi connectivity index (χ4n) is 2.33. The van der Waals surface area contributed by atoms with E-state index in [9.17, 15) is 0 Å². The molecule has 2 N–H and O–H groups in total. The van der Waals surface area contributed by atoms with Gasteiger partial charge in [-0.15, -0.1) is 0 Å². The molecule has 0 radical (unpaired) electrons. The lowest BCUT2D eigenvalue weighted by Crippen LogP contribution is -2.42. The molecule has 2 nitrogen and oxygen atoms in total. The zero-order valence-corrected chi connectivity index (χ0v) is 11.5. The molecule has 0 aromatic heterocycles. The smallest absolute Gasteiger partial charge is 0.0485 e. The third-order valence-corrected chi connectivity index (χ3v) is 4.26. The number of nitrogens with two attached hydrogens (primary N) is 1. The van der Waals surface area contributed by atoms with E-state index in [-0.39, 0.29) is 6.04 Å². The molecule has 1 atom stereocenters. The molecule has 4 heteroatoms. The maximum atomic E-state index is 6.24. The van der Waals surface area contributed by atoms with Crippen molar-refractivity contribution in [2.24, 2.45) is 5.73 Å². The molecular formula is C13H18Cl2N2. The minimum atomic E-state index is 0.159. The number of hydrogen-bond donors (Lipinski definition) is 1. The Morgan fingerprint density at radius 2 is 2.12 bits per heavy atom. The summed E-state index contributed by atoms with van der Waals surface area (Å²) in [5, 5.41) is 1.46. The van der Waals surface area contributed by atoms with Gasteiger partial charge in [-0.2, -0.15) is 0 Å². The molecule has 94 valence electrons.